The lowest BCUT2D eigenvalue weighted by Crippen LogP contribution is -2.10. The van der Waals surface area contributed by atoms with Crippen molar-refractivity contribution in [1.82, 2.24) is 0 Å². The highest BCUT2D eigenvalue weighted by Gasteiger charge is 2.05. The Balaban J connectivity index is -0.000000682. The van der Waals surface area contributed by atoms with Gasteiger partial charge in [-0.2, -0.15) is 0 Å². The second kappa shape index (κ2) is 40.3. The van der Waals surface area contributed by atoms with E-state index in [9.17, 15) is 14.1 Å². The van der Waals surface area contributed by atoms with Crippen molar-refractivity contribution >= 4 is 23.1 Å². The largest absolute Gasteiger partial charge is 0.617 e. The summed E-state index contributed by atoms with van der Waals surface area (Å²) in [7, 11) is 0. The molecule has 6 heteroatoms. The lowest BCUT2D eigenvalue weighted by atomic mass is 10.0. The van der Waals surface area contributed by atoms with Gasteiger partial charge in [0.25, 0.3) is 0 Å². The third kappa shape index (κ3) is 53.8. The molecule has 0 atom stereocenters. The third-order valence-electron chi connectivity index (χ3n) is 7.20. The fourth-order valence-corrected chi connectivity index (χ4v) is 4.86. The van der Waals surface area contributed by atoms with Crippen LogP contribution >= 0.6 is 0 Å². The van der Waals surface area contributed by atoms with Crippen LogP contribution in [0.2, 0.25) is 0 Å². The molecule has 0 saturated heterocycles. The van der Waals surface area contributed by atoms with Gasteiger partial charge in [0.2, 0.25) is 0 Å². The van der Waals surface area contributed by atoms with Crippen LogP contribution in [0.3, 0.4) is 0 Å². The number of carbonyl (C=O) groups excluding carboxylic acids is 2. The fourth-order valence-electron chi connectivity index (χ4n) is 4.86. The number of ether oxygens (including phenoxy) is 2. The molecule has 266 valence electrons. The van der Waals surface area contributed by atoms with Crippen LogP contribution in [0.4, 0.5) is 0 Å². The Labute approximate surface area is 279 Å². The molecule has 0 saturated carbocycles. The molecule has 0 aromatic heterocycles. The highest BCUT2D eigenvalue weighted by atomic mass is 32.2. The Bertz CT molecular complexity index is 563. The van der Waals surface area contributed by atoms with E-state index >= 15 is 0 Å². The molecule has 0 aromatic carbocycles. The van der Waals surface area contributed by atoms with Crippen molar-refractivity contribution in [2.75, 3.05) is 12.5 Å². The molecule has 0 heterocycles. The molecule has 0 rings (SSSR count). The SMILES string of the molecule is CCCCCCCCCCCCCC(=O)OC(C)C.CCCCCCCCCCCCCCCC(=O)OC(C)C.C[S+](C)[O-]. The van der Waals surface area contributed by atoms with Crippen LogP contribution in [-0.2, 0) is 30.2 Å². The standard InChI is InChI=1S/C19H38O2.C17H34O2.C2H6OS/c1-4-5-6-7-8-9-10-11-12-13-14-15-16-17-19(20)21-18(2)3;1-4-5-6-7-8-9-10-11-12-13-14-15-17(18)19-16(2)3;1-4(2)3/h18H,4-17H2,1-3H3;16H,4-15H2,1-3H3;1-2H3. The number of esters is 2. The van der Waals surface area contributed by atoms with Crippen LogP contribution in [0.1, 0.15) is 208 Å². The molecule has 5 nitrogen and oxygen atoms in total. The van der Waals surface area contributed by atoms with Crippen molar-refractivity contribution in [3.05, 3.63) is 0 Å². The van der Waals surface area contributed by atoms with Crippen molar-refractivity contribution in [2.45, 2.75) is 221 Å². The van der Waals surface area contributed by atoms with Crippen molar-refractivity contribution in [3.8, 4) is 0 Å². The van der Waals surface area contributed by atoms with Crippen LogP contribution in [0.15, 0.2) is 0 Å². The van der Waals surface area contributed by atoms with Gasteiger partial charge in [0, 0.05) is 12.8 Å². The molecular formula is C38H78O5S. The topological polar surface area (TPSA) is 75.7 Å². The van der Waals surface area contributed by atoms with E-state index in [0.29, 0.717) is 12.8 Å². The van der Waals surface area contributed by atoms with E-state index in [-0.39, 0.29) is 24.1 Å². The molecule has 0 aliphatic heterocycles. The van der Waals surface area contributed by atoms with Crippen LogP contribution in [0, 0.1) is 0 Å². The molecule has 0 bridgehead atoms. The quantitative estimate of drug-likeness (QED) is 0.0480. The molecule has 0 aromatic rings. The van der Waals surface area contributed by atoms with E-state index in [0.717, 1.165) is 12.8 Å². The monoisotopic (exact) mass is 647 g/mol. The fraction of sp³-hybridized carbons (Fsp3) is 0.947. The maximum Gasteiger partial charge on any atom is 0.306 e. The first-order valence-electron chi connectivity index (χ1n) is 18.7. The first kappa shape index (κ1) is 47.7. The van der Waals surface area contributed by atoms with Gasteiger partial charge in [-0.05, 0) is 40.5 Å². The van der Waals surface area contributed by atoms with Gasteiger partial charge in [-0.15, -0.1) is 0 Å². The Morgan fingerprint density at radius 3 is 0.818 bits per heavy atom. The summed E-state index contributed by atoms with van der Waals surface area (Å²) >= 11 is -0.611. The zero-order valence-electron chi connectivity index (χ0n) is 31.0. The zero-order valence-corrected chi connectivity index (χ0v) is 31.8. The predicted octanol–water partition coefficient (Wildman–Crippen LogP) is 12.1. The van der Waals surface area contributed by atoms with Crippen molar-refractivity contribution in [3.63, 3.8) is 0 Å². The first-order chi connectivity index (χ1) is 21.1. The normalized spacial score (nSPS) is 10.8. The average molecular weight is 647 g/mol. The summed E-state index contributed by atoms with van der Waals surface area (Å²) < 4.78 is 19.8. The lowest BCUT2D eigenvalue weighted by Gasteiger charge is -2.07. The van der Waals surface area contributed by atoms with Crippen molar-refractivity contribution in [1.29, 1.82) is 0 Å². The molecule has 0 aliphatic carbocycles. The average Bonchev–Trinajstić information content (AvgIpc) is 2.93. The van der Waals surface area contributed by atoms with E-state index in [4.69, 9.17) is 9.47 Å². The molecule has 0 fully saturated rings. The van der Waals surface area contributed by atoms with Gasteiger partial charge in [-0.3, -0.25) is 9.59 Å². The zero-order chi connectivity index (χ0) is 33.7. The summed E-state index contributed by atoms with van der Waals surface area (Å²) in [5, 5.41) is 0. The van der Waals surface area contributed by atoms with Gasteiger partial charge in [-0.25, -0.2) is 0 Å². The van der Waals surface area contributed by atoms with Gasteiger partial charge in [0.1, 0.15) is 0 Å². The minimum Gasteiger partial charge on any atom is -0.617 e. The van der Waals surface area contributed by atoms with E-state index in [1.165, 1.54) is 141 Å². The molecule has 0 radical (unpaired) electrons. The van der Waals surface area contributed by atoms with Gasteiger partial charge in [0.05, 0.1) is 24.7 Å². The number of rotatable bonds is 28. The van der Waals surface area contributed by atoms with E-state index in [1.54, 1.807) is 12.5 Å². The van der Waals surface area contributed by atoms with E-state index in [2.05, 4.69) is 13.8 Å². The van der Waals surface area contributed by atoms with E-state index in [1.807, 2.05) is 27.7 Å². The second-order valence-electron chi connectivity index (χ2n) is 13.1. The van der Waals surface area contributed by atoms with Crippen LogP contribution in [-0.4, -0.2) is 41.2 Å². The maximum atomic E-state index is 11.3. The number of hydrogen-bond donors (Lipinski definition) is 0. The minimum atomic E-state index is -0.611. The van der Waals surface area contributed by atoms with Crippen molar-refractivity contribution < 1.29 is 23.6 Å². The number of carbonyl (C=O) groups is 2. The van der Waals surface area contributed by atoms with Gasteiger partial charge in [-0.1, -0.05) is 166 Å². The molecule has 0 unspecified atom stereocenters. The maximum absolute atomic E-state index is 11.3. The molecule has 44 heavy (non-hydrogen) atoms. The summed E-state index contributed by atoms with van der Waals surface area (Å²) in [5.41, 5.74) is 0. The summed E-state index contributed by atoms with van der Waals surface area (Å²) in [6, 6.07) is 0. The highest BCUT2D eigenvalue weighted by molar-refractivity contribution is 7.89. The number of hydrogen-bond acceptors (Lipinski definition) is 5. The minimum absolute atomic E-state index is 0.0273. The summed E-state index contributed by atoms with van der Waals surface area (Å²) in [6.07, 6.45) is 36.4. The molecular weight excluding hydrogens is 568 g/mol. The predicted molar refractivity (Wildman–Crippen MR) is 194 cm³/mol. The van der Waals surface area contributed by atoms with Crippen LogP contribution in [0.25, 0.3) is 0 Å². The Morgan fingerprint density at radius 2 is 0.636 bits per heavy atom. The van der Waals surface area contributed by atoms with Crippen molar-refractivity contribution in [2.24, 2.45) is 0 Å². The second-order valence-corrected chi connectivity index (χ2v) is 14.6. The Morgan fingerprint density at radius 1 is 0.455 bits per heavy atom. The summed E-state index contributed by atoms with van der Waals surface area (Å²) in [5.74, 6) is -0.0704. The molecule has 0 aliphatic rings. The molecule has 0 spiro atoms. The number of unbranched alkanes of at least 4 members (excludes halogenated alkanes) is 22. The summed E-state index contributed by atoms with van der Waals surface area (Å²) in [6.45, 7) is 12.1. The van der Waals surface area contributed by atoms with Gasteiger partial charge in [0.15, 0.2) is 0 Å². The molecule has 0 amide bonds. The van der Waals surface area contributed by atoms with E-state index < -0.39 is 11.2 Å². The first-order valence-corrected chi connectivity index (χ1v) is 20.7. The van der Waals surface area contributed by atoms with Gasteiger partial charge >= 0.3 is 11.9 Å². The Hall–Kier alpha value is -0.750. The van der Waals surface area contributed by atoms with Crippen LogP contribution in [0.5, 0.6) is 0 Å². The Kier molecular flexibility index (Phi) is 43.6. The highest BCUT2D eigenvalue weighted by Crippen LogP contribution is 2.14. The van der Waals surface area contributed by atoms with Gasteiger partial charge < -0.3 is 14.0 Å². The summed E-state index contributed by atoms with van der Waals surface area (Å²) in [4.78, 5) is 22.6. The molecule has 0 N–H and O–H groups in total. The third-order valence-corrected chi connectivity index (χ3v) is 7.20. The smallest absolute Gasteiger partial charge is 0.306 e. The lowest BCUT2D eigenvalue weighted by molar-refractivity contribution is -0.148. The van der Waals surface area contributed by atoms with Crippen LogP contribution < -0.4 is 0 Å².